The monoisotopic (exact) mass is 286 g/mol. The number of hydrogen-bond donors (Lipinski definition) is 2. The Hall–Kier alpha value is -1.20. The Bertz CT molecular complexity index is 560. The lowest BCUT2D eigenvalue weighted by molar-refractivity contribution is 0.277. The molecule has 0 radical (unpaired) electrons. The van der Waals surface area contributed by atoms with Crippen LogP contribution in [0.15, 0.2) is 5.38 Å². The van der Waals surface area contributed by atoms with E-state index in [1.807, 2.05) is 6.07 Å². The van der Waals surface area contributed by atoms with Crippen molar-refractivity contribution in [2.75, 3.05) is 5.32 Å². The minimum atomic E-state index is -0.0632. The number of anilines is 1. The van der Waals surface area contributed by atoms with Crippen molar-refractivity contribution in [2.24, 2.45) is 0 Å². The molecule has 0 aliphatic heterocycles. The summed E-state index contributed by atoms with van der Waals surface area (Å²) in [5, 5.41) is 24.3. The summed E-state index contributed by atoms with van der Waals surface area (Å²) in [6.07, 6.45) is 0. The van der Waals surface area contributed by atoms with Gasteiger partial charge in [-0.2, -0.15) is 9.64 Å². The summed E-state index contributed by atoms with van der Waals surface area (Å²) in [5.74, 6) is 0. The lowest BCUT2D eigenvalue weighted by atomic mass is 10.4. The molecule has 0 aliphatic carbocycles. The van der Waals surface area contributed by atoms with Crippen molar-refractivity contribution in [3.05, 3.63) is 26.8 Å². The molecule has 17 heavy (non-hydrogen) atoms. The second-order valence-electron chi connectivity index (χ2n) is 3.03. The van der Waals surface area contributed by atoms with Crippen molar-refractivity contribution in [3.63, 3.8) is 0 Å². The number of rotatable bonds is 4. The van der Waals surface area contributed by atoms with Gasteiger partial charge < -0.3 is 10.4 Å². The first-order valence-electron chi connectivity index (χ1n) is 4.58. The second kappa shape index (κ2) is 5.42. The lowest BCUT2D eigenvalue weighted by Crippen LogP contribution is -1.99. The molecule has 5 nitrogen and oxygen atoms in total. The van der Waals surface area contributed by atoms with Gasteiger partial charge in [-0.15, -0.1) is 11.3 Å². The molecular weight excluding hydrogens is 280 g/mol. The summed E-state index contributed by atoms with van der Waals surface area (Å²) in [5.41, 5.74) is 1.00. The molecule has 2 heterocycles. The molecule has 0 bridgehead atoms. The van der Waals surface area contributed by atoms with Gasteiger partial charge in [0.1, 0.15) is 21.6 Å². The van der Waals surface area contributed by atoms with Crippen LogP contribution in [0.25, 0.3) is 0 Å². The maximum absolute atomic E-state index is 8.88. The molecule has 8 heteroatoms. The van der Waals surface area contributed by atoms with Gasteiger partial charge in [-0.05, 0) is 11.5 Å². The van der Waals surface area contributed by atoms with Crippen LogP contribution in [0.2, 0.25) is 5.15 Å². The number of nitrogens with zero attached hydrogens (tertiary/aromatic N) is 3. The average Bonchev–Trinajstić information content (AvgIpc) is 2.92. The summed E-state index contributed by atoms with van der Waals surface area (Å²) in [6, 6.07) is 1.99. The van der Waals surface area contributed by atoms with Crippen LogP contribution in [0.4, 0.5) is 5.00 Å². The summed E-state index contributed by atoms with van der Waals surface area (Å²) in [4.78, 5) is 4.18. The van der Waals surface area contributed by atoms with Crippen LogP contribution in [0.5, 0.6) is 0 Å². The van der Waals surface area contributed by atoms with Crippen LogP contribution in [0, 0.1) is 11.3 Å². The number of thiazole rings is 1. The van der Waals surface area contributed by atoms with Gasteiger partial charge >= 0.3 is 0 Å². The molecule has 0 spiro atoms. The molecule has 0 amide bonds. The van der Waals surface area contributed by atoms with Gasteiger partial charge in [0.05, 0.1) is 18.8 Å². The molecule has 2 rings (SSSR count). The van der Waals surface area contributed by atoms with Gasteiger partial charge in [0.25, 0.3) is 0 Å². The first kappa shape index (κ1) is 12.3. The van der Waals surface area contributed by atoms with Gasteiger partial charge in [-0.25, -0.2) is 4.98 Å². The van der Waals surface area contributed by atoms with Crippen molar-refractivity contribution >= 4 is 39.5 Å². The van der Waals surface area contributed by atoms with Crippen LogP contribution in [-0.4, -0.2) is 14.5 Å². The Labute approximate surface area is 110 Å². The number of nitriles is 1. The van der Waals surface area contributed by atoms with E-state index in [1.54, 1.807) is 5.38 Å². The van der Waals surface area contributed by atoms with Crippen molar-refractivity contribution in [3.8, 4) is 6.07 Å². The molecule has 2 aromatic heterocycles. The molecule has 0 aliphatic rings. The van der Waals surface area contributed by atoms with Crippen LogP contribution in [0.3, 0.4) is 0 Å². The van der Waals surface area contributed by atoms with Crippen molar-refractivity contribution in [2.45, 2.75) is 13.2 Å². The minimum Gasteiger partial charge on any atom is -0.390 e. The zero-order valence-corrected chi connectivity index (χ0v) is 10.9. The van der Waals surface area contributed by atoms with Gasteiger partial charge in [0.2, 0.25) is 0 Å². The summed E-state index contributed by atoms with van der Waals surface area (Å²) in [7, 11) is 0. The standard InChI is InChI=1S/C9H7ClN4OS2/c10-8-6(1-11)9(17-14-8)12-2-7-13-5(3-15)4-16-7/h4,12,15H,2-3H2. The fraction of sp³-hybridized carbons (Fsp3) is 0.222. The largest absolute Gasteiger partial charge is 0.390 e. The maximum atomic E-state index is 8.88. The van der Waals surface area contributed by atoms with E-state index < -0.39 is 0 Å². The normalized spacial score (nSPS) is 10.2. The van der Waals surface area contributed by atoms with Crippen LogP contribution < -0.4 is 5.32 Å². The second-order valence-corrected chi connectivity index (χ2v) is 5.11. The topological polar surface area (TPSA) is 81.8 Å². The van der Waals surface area contributed by atoms with E-state index in [1.165, 1.54) is 11.3 Å². The number of aromatic nitrogens is 2. The summed E-state index contributed by atoms with van der Waals surface area (Å²) < 4.78 is 3.89. The van der Waals surface area contributed by atoms with Gasteiger partial charge in [-0.1, -0.05) is 11.6 Å². The zero-order chi connectivity index (χ0) is 12.3. The highest BCUT2D eigenvalue weighted by Crippen LogP contribution is 2.28. The molecule has 0 atom stereocenters. The predicted molar refractivity (Wildman–Crippen MR) is 67.2 cm³/mol. The number of halogens is 1. The van der Waals surface area contributed by atoms with E-state index in [0.717, 1.165) is 16.5 Å². The highest BCUT2D eigenvalue weighted by atomic mass is 35.5. The Balaban J connectivity index is 2.05. The minimum absolute atomic E-state index is 0.0632. The molecule has 0 fully saturated rings. The van der Waals surface area contributed by atoms with Crippen molar-refractivity contribution in [1.82, 2.24) is 9.36 Å². The van der Waals surface area contributed by atoms with E-state index in [0.29, 0.717) is 22.8 Å². The van der Waals surface area contributed by atoms with Gasteiger partial charge in [0, 0.05) is 5.38 Å². The predicted octanol–water partition coefficient (Wildman–Crippen LogP) is 2.23. The SMILES string of the molecule is N#Cc1c(Cl)nsc1NCc1nc(CO)cs1. The third kappa shape index (κ3) is 2.73. The summed E-state index contributed by atoms with van der Waals surface area (Å²) >= 11 is 8.34. The lowest BCUT2D eigenvalue weighted by Gasteiger charge is -1.99. The van der Waals surface area contributed by atoms with Crippen LogP contribution in [-0.2, 0) is 13.2 Å². The number of aliphatic hydroxyl groups is 1. The molecule has 2 aromatic rings. The molecule has 2 N–H and O–H groups in total. The average molecular weight is 287 g/mol. The first-order chi connectivity index (χ1) is 8.24. The van der Waals surface area contributed by atoms with Gasteiger partial charge in [-0.3, -0.25) is 0 Å². The van der Waals surface area contributed by atoms with Crippen LogP contribution >= 0.6 is 34.5 Å². The number of hydrogen-bond acceptors (Lipinski definition) is 7. The highest BCUT2D eigenvalue weighted by molar-refractivity contribution is 7.11. The van der Waals surface area contributed by atoms with E-state index in [9.17, 15) is 0 Å². The molecule has 0 saturated carbocycles. The van der Waals surface area contributed by atoms with Crippen molar-refractivity contribution in [1.29, 1.82) is 5.26 Å². The van der Waals surface area contributed by atoms with Gasteiger partial charge in [0.15, 0.2) is 5.15 Å². The number of nitrogens with one attached hydrogen (secondary N) is 1. The van der Waals surface area contributed by atoms with Crippen LogP contribution in [0.1, 0.15) is 16.3 Å². The van der Waals surface area contributed by atoms with E-state index >= 15 is 0 Å². The Morgan fingerprint density at radius 1 is 1.59 bits per heavy atom. The number of aliphatic hydroxyl groups excluding tert-OH is 1. The van der Waals surface area contributed by atoms with E-state index in [2.05, 4.69) is 14.7 Å². The molecular formula is C9H7ClN4OS2. The Morgan fingerprint density at radius 3 is 3.06 bits per heavy atom. The molecule has 0 saturated heterocycles. The third-order valence-corrected chi connectivity index (χ3v) is 4.00. The highest BCUT2D eigenvalue weighted by Gasteiger charge is 2.11. The Morgan fingerprint density at radius 2 is 2.41 bits per heavy atom. The first-order valence-corrected chi connectivity index (χ1v) is 6.61. The molecule has 0 aromatic carbocycles. The zero-order valence-electron chi connectivity index (χ0n) is 8.47. The van der Waals surface area contributed by atoms with E-state index in [-0.39, 0.29) is 11.8 Å². The molecule has 0 unspecified atom stereocenters. The Kier molecular flexibility index (Phi) is 3.91. The smallest absolute Gasteiger partial charge is 0.162 e. The quantitative estimate of drug-likeness (QED) is 0.901. The fourth-order valence-electron chi connectivity index (χ4n) is 1.15. The third-order valence-electron chi connectivity index (χ3n) is 1.92. The fourth-order valence-corrected chi connectivity index (χ4v) is 2.80. The maximum Gasteiger partial charge on any atom is 0.162 e. The van der Waals surface area contributed by atoms with Crippen molar-refractivity contribution < 1.29 is 5.11 Å². The van der Waals surface area contributed by atoms with E-state index in [4.69, 9.17) is 22.0 Å². The molecule has 88 valence electrons. The summed E-state index contributed by atoms with van der Waals surface area (Å²) in [6.45, 7) is 0.421.